The van der Waals surface area contributed by atoms with Crippen molar-refractivity contribution in [2.75, 3.05) is 12.8 Å². The Morgan fingerprint density at radius 1 is 1.29 bits per heavy atom. The molecule has 2 aliphatic rings. The Labute approximate surface area is 126 Å². The number of amides is 2. The third-order valence-electron chi connectivity index (χ3n) is 4.36. The molecule has 5 nitrogen and oxygen atoms in total. The Morgan fingerprint density at radius 2 is 1.95 bits per heavy atom. The Hall–Kier alpha value is -1.82. The van der Waals surface area contributed by atoms with Gasteiger partial charge in [0.15, 0.2) is 0 Å². The molecule has 1 aliphatic carbocycles. The Bertz CT molecular complexity index is 646. The highest BCUT2D eigenvalue weighted by Crippen LogP contribution is 2.44. The topological polar surface area (TPSA) is 74.7 Å². The number of carboxylic acid groups (broad SMARTS) is 1. The van der Waals surface area contributed by atoms with Gasteiger partial charge in [-0.2, -0.15) is 11.8 Å². The van der Waals surface area contributed by atoms with Crippen LogP contribution in [-0.2, 0) is 0 Å². The van der Waals surface area contributed by atoms with Gasteiger partial charge in [-0.25, -0.2) is 4.79 Å². The first-order valence-corrected chi connectivity index (χ1v) is 7.99. The van der Waals surface area contributed by atoms with Gasteiger partial charge in [-0.05, 0) is 37.3 Å². The van der Waals surface area contributed by atoms with Crippen LogP contribution in [0.1, 0.15) is 50.3 Å². The van der Waals surface area contributed by atoms with Gasteiger partial charge in [-0.15, -0.1) is 0 Å². The second-order valence-corrected chi connectivity index (χ2v) is 6.78. The van der Waals surface area contributed by atoms with Crippen molar-refractivity contribution in [3.63, 3.8) is 0 Å². The van der Waals surface area contributed by atoms with Crippen molar-refractivity contribution in [3.05, 3.63) is 34.9 Å². The zero-order valence-corrected chi connectivity index (χ0v) is 12.4. The third-order valence-corrected chi connectivity index (χ3v) is 5.77. The van der Waals surface area contributed by atoms with E-state index in [1.807, 2.05) is 6.26 Å². The second kappa shape index (κ2) is 4.87. The molecule has 0 unspecified atom stereocenters. The second-order valence-electron chi connectivity index (χ2n) is 5.50. The van der Waals surface area contributed by atoms with Crippen molar-refractivity contribution < 1.29 is 19.5 Å². The minimum absolute atomic E-state index is 0.0248. The van der Waals surface area contributed by atoms with Crippen LogP contribution in [0.4, 0.5) is 0 Å². The molecule has 110 valence electrons. The zero-order valence-electron chi connectivity index (χ0n) is 11.6. The van der Waals surface area contributed by atoms with Crippen LogP contribution in [0.15, 0.2) is 18.2 Å². The Morgan fingerprint density at radius 3 is 2.48 bits per heavy atom. The summed E-state index contributed by atoms with van der Waals surface area (Å²) < 4.78 is -0.0248. The van der Waals surface area contributed by atoms with Gasteiger partial charge in [0.25, 0.3) is 11.8 Å². The maximum Gasteiger partial charge on any atom is 0.335 e. The number of hydrogen-bond acceptors (Lipinski definition) is 4. The van der Waals surface area contributed by atoms with Crippen LogP contribution >= 0.6 is 11.8 Å². The van der Waals surface area contributed by atoms with Crippen LogP contribution in [0.25, 0.3) is 0 Å². The summed E-state index contributed by atoms with van der Waals surface area (Å²) in [6.45, 7) is 0.406. The van der Waals surface area contributed by atoms with E-state index < -0.39 is 5.97 Å². The fourth-order valence-corrected chi connectivity index (χ4v) is 3.81. The number of hydrogen-bond donors (Lipinski definition) is 1. The molecule has 1 aliphatic heterocycles. The molecule has 2 amide bonds. The molecule has 1 aromatic carbocycles. The number of thioether (sulfide) groups is 1. The van der Waals surface area contributed by atoms with Crippen molar-refractivity contribution in [2.24, 2.45) is 0 Å². The lowest BCUT2D eigenvalue weighted by Crippen LogP contribution is -2.47. The van der Waals surface area contributed by atoms with Gasteiger partial charge in [0.05, 0.1) is 16.7 Å². The molecule has 1 saturated carbocycles. The quantitative estimate of drug-likeness (QED) is 0.864. The van der Waals surface area contributed by atoms with E-state index >= 15 is 0 Å². The first-order valence-electron chi connectivity index (χ1n) is 6.76. The highest BCUT2D eigenvalue weighted by molar-refractivity contribution is 8.00. The van der Waals surface area contributed by atoms with Crippen molar-refractivity contribution in [1.29, 1.82) is 0 Å². The van der Waals surface area contributed by atoms with E-state index in [4.69, 9.17) is 5.11 Å². The standard InChI is InChI=1S/C15H15NO4S/c1-21-15(5-2-6-15)8-16-12(17)10-4-3-9(14(19)20)7-11(10)13(16)18/h3-4,7H,2,5-6,8H2,1H3,(H,19,20). The lowest BCUT2D eigenvalue weighted by atomic mass is 9.84. The van der Waals surface area contributed by atoms with Gasteiger partial charge in [0.1, 0.15) is 0 Å². The summed E-state index contributed by atoms with van der Waals surface area (Å²) in [4.78, 5) is 37.0. The smallest absolute Gasteiger partial charge is 0.335 e. The lowest BCUT2D eigenvalue weighted by Gasteiger charge is -2.42. The predicted octanol–water partition coefficient (Wildman–Crippen LogP) is 2.27. The number of carbonyl (C=O) groups is 3. The molecule has 1 aromatic rings. The number of carboxylic acids is 1. The summed E-state index contributed by atoms with van der Waals surface area (Å²) in [5, 5.41) is 8.99. The lowest BCUT2D eigenvalue weighted by molar-refractivity contribution is 0.0617. The molecule has 21 heavy (non-hydrogen) atoms. The fraction of sp³-hybridized carbons (Fsp3) is 0.400. The van der Waals surface area contributed by atoms with Crippen LogP contribution in [0.5, 0.6) is 0 Å². The van der Waals surface area contributed by atoms with Crippen LogP contribution in [-0.4, -0.2) is 45.3 Å². The molecule has 0 bridgehead atoms. The molecule has 0 atom stereocenters. The van der Waals surface area contributed by atoms with Crippen molar-refractivity contribution >= 4 is 29.5 Å². The molecule has 0 radical (unpaired) electrons. The largest absolute Gasteiger partial charge is 0.478 e. The maximum atomic E-state index is 12.4. The van der Waals surface area contributed by atoms with Gasteiger partial charge >= 0.3 is 5.97 Å². The summed E-state index contributed by atoms with van der Waals surface area (Å²) in [6, 6.07) is 4.10. The van der Waals surface area contributed by atoms with E-state index in [1.165, 1.54) is 23.1 Å². The average molecular weight is 305 g/mol. The van der Waals surface area contributed by atoms with Gasteiger partial charge < -0.3 is 5.11 Å². The first-order chi connectivity index (χ1) is 9.97. The molecule has 6 heteroatoms. The van der Waals surface area contributed by atoms with E-state index in [9.17, 15) is 14.4 Å². The molecule has 3 rings (SSSR count). The SMILES string of the molecule is CSC1(CN2C(=O)c3ccc(C(=O)O)cc3C2=O)CCC1. The minimum Gasteiger partial charge on any atom is -0.478 e. The summed E-state index contributed by atoms with van der Waals surface area (Å²) in [6.07, 6.45) is 5.12. The Kier molecular flexibility index (Phi) is 3.28. The van der Waals surface area contributed by atoms with Crippen molar-refractivity contribution in [3.8, 4) is 0 Å². The van der Waals surface area contributed by atoms with Crippen LogP contribution < -0.4 is 0 Å². The normalized spacial score (nSPS) is 19.4. The molecule has 0 saturated heterocycles. The van der Waals surface area contributed by atoms with Gasteiger partial charge in [0, 0.05) is 11.3 Å². The van der Waals surface area contributed by atoms with Gasteiger partial charge in [-0.1, -0.05) is 6.42 Å². The molecule has 1 fully saturated rings. The van der Waals surface area contributed by atoms with Crippen molar-refractivity contribution in [1.82, 2.24) is 4.90 Å². The number of benzene rings is 1. The predicted molar refractivity (Wildman–Crippen MR) is 78.9 cm³/mol. The molecule has 0 aromatic heterocycles. The first kappa shape index (κ1) is 14.1. The summed E-state index contributed by atoms with van der Waals surface area (Å²) in [7, 11) is 0. The van der Waals surface area contributed by atoms with Crippen LogP contribution in [0.2, 0.25) is 0 Å². The van der Waals surface area contributed by atoms with E-state index in [0.29, 0.717) is 12.1 Å². The Balaban J connectivity index is 1.91. The maximum absolute atomic E-state index is 12.4. The molecular weight excluding hydrogens is 290 g/mol. The highest BCUT2D eigenvalue weighted by Gasteiger charge is 2.44. The monoisotopic (exact) mass is 305 g/mol. The summed E-state index contributed by atoms with van der Waals surface area (Å²) in [5.74, 6) is -1.79. The van der Waals surface area contributed by atoms with E-state index in [-0.39, 0.29) is 27.7 Å². The van der Waals surface area contributed by atoms with E-state index in [1.54, 1.807) is 11.8 Å². The highest BCUT2D eigenvalue weighted by atomic mass is 32.2. The van der Waals surface area contributed by atoms with Crippen LogP contribution in [0.3, 0.4) is 0 Å². The zero-order chi connectivity index (χ0) is 15.2. The van der Waals surface area contributed by atoms with Crippen LogP contribution in [0, 0.1) is 0 Å². The number of carbonyl (C=O) groups excluding carboxylic acids is 2. The van der Waals surface area contributed by atoms with E-state index in [2.05, 4.69) is 0 Å². The average Bonchev–Trinajstić information content (AvgIpc) is 2.66. The fourth-order valence-electron chi connectivity index (χ4n) is 2.85. The van der Waals surface area contributed by atoms with Gasteiger partial charge in [0.2, 0.25) is 0 Å². The van der Waals surface area contributed by atoms with Gasteiger partial charge in [-0.3, -0.25) is 14.5 Å². The number of fused-ring (bicyclic) bond motifs is 1. The molecule has 1 heterocycles. The summed E-state index contributed by atoms with van der Waals surface area (Å²) in [5.41, 5.74) is 0.538. The third kappa shape index (κ3) is 2.14. The number of rotatable bonds is 4. The number of nitrogens with zero attached hydrogens (tertiary/aromatic N) is 1. The molecule has 0 spiro atoms. The van der Waals surface area contributed by atoms with Crippen molar-refractivity contribution in [2.45, 2.75) is 24.0 Å². The minimum atomic E-state index is -1.10. The summed E-state index contributed by atoms with van der Waals surface area (Å²) >= 11 is 1.70. The molecule has 1 N–H and O–H groups in total. The van der Waals surface area contributed by atoms with E-state index in [0.717, 1.165) is 19.3 Å². The molecular formula is C15H15NO4S. The number of imide groups is 1. The number of aromatic carboxylic acids is 1.